The first-order valence-corrected chi connectivity index (χ1v) is 5.94. The summed E-state index contributed by atoms with van der Waals surface area (Å²) in [7, 11) is 0. The van der Waals surface area contributed by atoms with Crippen LogP contribution in [0.15, 0.2) is 42.5 Å². The Morgan fingerprint density at radius 2 is 1.86 bits per heavy atom. The lowest BCUT2D eigenvalue weighted by molar-refractivity contribution is -0.387. The lowest BCUT2D eigenvalue weighted by atomic mass is 10.1. The molecule has 0 bridgehead atoms. The zero-order chi connectivity index (χ0) is 15.4. The standard InChI is InChI=1S/C14H10F2N2O3/c15-10-6-11(13(16)12(7-10)18(20)21)14(19)17-8-9-4-2-1-3-5-9/h1-7H,8H2,(H,17,19). The topological polar surface area (TPSA) is 72.2 Å². The summed E-state index contributed by atoms with van der Waals surface area (Å²) in [6.07, 6.45) is 0. The molecular formula is C14H10F2N2O3. The van der Waals surface area contributed by atoms with Crippen LogP contribution in [0.4, 0.5) is 14.5 Å². The second-order valence-electron chi connectivity index (χ2n) is 4.21. The average Bonchev–Trinajstić information content (AvgIpc) is 2.47. The minimum atomic E-state index is -1.35. The van der Waals surface area contributed by atoms with Crippen LogP contribution in [0.2, 0.25) is 0 Å². The zero-order valence-corrected chi connectivity index (χ0v) is 10.7. The third-order valence-electron chi connectivity index (χ3n) is 2.76. The van der Waals surface area contributed by atoms with Gasteiger partial charge in [0.1, 0.15) is 5.82 Å². The highest BCUT2D eigenvalue weighted by Crippen LogP contribution is 2.22. The molecular weight excluding hydrogens is 282 g/mol. The summed E-state index contributed by atoms with van der Waals surface area (Å²) in [4.78, 5) is 21.3. The molecule has 2 aromatic carbocycles. The van der Waals surface area contributed by atoms with Gasteiger partial charge in [-0.3, -0.25) is 14.9 Å². The highest BCUT2D eigenvalue weighted by atomic mass is 19.1. The molecule has 0 unspecified atom stereocenters. The Morgan fingerprint density at radius 1 is 1.19 bits per heavy atom. The van der Waals surface area contributed by atoms with Gasteiger partial charge in [0.2, 0.25) is 5.82 Å². The first-order valence-electron chi connectivity index (χ1n) is 5.94. The van der Waals surface area contributed by atoms with E-state index in [-0.39, 0.29) is 6.54 Å². The number of nitro benzene ring substituents is 1. The van der Waals surface area contributed by atoms with Gasteiger partial charge in [-0.15, -0.1) is 0 Å². The number of nitro groups is 1. The Balaban J connectivity index is 2.21. The molecule has 2 aromatic rings. The van der Waals surface area contributed by atoms with Crippen LogP contribution < -0.4 is 5.32 Å². The number of carbonyl (C=O) groups excluding carboxylic acids is 1. The summed E-state index contributed by atoms with van der Waals surface area (Å²) in [5, 5.41) is 13.0. The minimum Gasteiger partial charge on any atom is -0.348 e. The summed E-state index contributed by atoms with van der Waals surface area (Å²) in [6.45, 7) is 0.101. The maximum Gasteiger partial charge on any atom is 0.308 e. The number of hydrogen-bond acceptors (Lipinski definition) is 3. The molecule has 0 radical (unpaired) electrons. The van der Waals surface area contributed by atoms with E-state index in [0.717, 1.165) is 5.56 Å². The first kappa shape index (κ1) is 14.6. The Hall–Kier alpha value is -2.83. The summed E-state index contributed by atoms with van der Waals surface area (Å²) < 4.78 is 27.1. The highest BCUT2D eigenvalue weighted by molar-refractivity contribution is 5.95. The van der Waals surface area contributed by atoms with Crippen molar-refractivity contribution >= 4 is 11.6 Å². The van der Waals surface area contributed by atoms with Crippen molar-refractivity contribution in [3.63, 3.8) is 0 Å². The predicted molar refractivity (Wildman–Crippen MR) is 70.6 cm³/mol. The van der Waals surface area contributed by atoms with Crippen LogP contribution in [0.25, 0.3) is 0 Å². The van der Waals surface area contributed by atoms with Crippen LogP contribution in [-0.4, -0.2) is 10.8 Å². The molecule has 0 atom stereocenters. The lowest BCUT2D eigenvalue weighted by Gasteiger charge is -2.06. The van der Waals surface area contributed by atoms with E-state index >= 15 is 0 Å². The molecule has 0 saturated heterocycles. The van der Waals surface area contributed by atoms with Gasteiger partial charge in [-0.05, 0) is 11.6 Å². The Kier molecular flexibility index (Phi) is 4.22. The third kappa shape index (κ3) is 3.38. The highest BCUT2D eigenvalue weighted by Gasteiger charge is 2.24. The third-order valence-corrected chi connectivity index (χ3v) is 2.76. The van der Waals surface area contributed by atoms with Crippen molar-refractivity contribution < 1.29 is 18.5 Å². The summed E-state index contributed by atoms with van der Waals surface area (Å²) in [6, 6.07) is 9.85. The Morgan fingerprint density at radius 3 is 2.48 bits per heavy atom. The fourth-order valence-electron chi connectivity index (χ4n) is 1.75. The van der Waals surface area contributed by atoms with Gasteiger partial charge in [-0.25, -0.2) is 4.39 Å². The molecule has 0 fully saturated rings. The number of halogens is 2. The van der Waals surface area contributed by atoms with Crippen molar-refractivity contribution in [1.82, 2.24) is 5.32 Å². The van der Waals surface area contributed by atoms with Crippen LogP contribution >= 0.6 is 0 Å². The van der Waals surface area contributed by atoms with Crippen LogP contribution in [0.3, 0.4) is 0 Å². The molecule has 0 aliphatic heterocycles. The van der Waals surface area contributed by atoms with Gasteiger partial charge in [-0.2, -0.15) is 4.39 Å². The molecule has 0 saturated carbocycles. The van der Waals surface area contributed by atoms with Gasteiger partial charge in [0.25, 0.3) is 5.91 Å². The van der Waals surface area contributed by atoms with E-state index < -0.39 is 33.7 Å². The number of rotatable bonds is 4. The van der Waals surface area contributed by atoms with Crippen molar-refractivity contribution in [2.24, 2.45) is 0 Å². The smallest absolute Gasteiger partial charge is 0.308 e. The van der Waals surface area contributed by atoms with Gasteiger partial charge >= 0.3 is 5.69 Å². The number of hydrogen-bond donors (Lipinski definition) is 1. The number of amides is 1. The van der Waals surface area contributed by atoms with E-state index in [1.807, 2.05) is 0 Å². The number of carbonyl (C=O) groups is 1. The second kappa shape index (κ2) is 6.08. The van der Waals surface area contributed by atoms with Gasteiger partial charge in [0, 0.05) is 6.54 Å². The van der Waals surface area contributed by atoms with E-state index in [2.05, 4.69) is 5.32 Å². The van der Waals surface area contributed by atoms with Crippen LogP contribution in [-0.2, 0) is 6.54 Å². The fraction of sp³-hybridized carbons (Fsp3) is 0.0714. The number of nitrogens with one attached hydrogen (secondary N) is 1. The molecule has 1 N–H and O–H groups in total. The quantitative estimate of drug-likeness (QED) is 0.695. The Labute approximate surface area is 118 Å². The molecule has 5 nitrogen and oxygen atoms in total. The van der Waals surface area contributed by atoms with Crippen LogP contribution in [0, 0.1) is 21.7 Å². The Bertz CT molecular complexity index is 690. The molecule has 7 heteroatoms. The monoisotopic (exact) mass is 292 g/mol. The first-order chi connectivity index (χ1) is 9.99. The molecule has 108 valence electrons. The van der Waals surface area contributed by atoms with Gasteiger partial charge in [0.15, 0.2) is 0 Å². The van der Waals surface area contributed by atoms with Crippen LogP contribution in [0.1, 0.15) is 15.9 Å². The summed E-state index contributed by atoms with van der Waals surface area (Å²) in [5.74, 6) is -3.32. The van der Waals surface area contributed by atoms with E-state index in [4.69, 9.17) is 0 Å². The number of benzene rings is 2. The van der Waals surface area contributed by atoms with Crippen molar-refractivity contribution in [2.45, 2.75) is 6.54 Å². The fourth-order valence-corrected chi connectivity index (χ4v) is 1.75. The van der Waals surface area contributed by atoms with E-state index in [9.17, 15) is 23.7 Å². The largest absolute Gasteiger partial charge is 0.348 e. The molecule has 0 aliphatic rings. The van der Waals surface area contributed by atoms with Gasteiger partial charge < -0.3 is 5.32 Å². The molecule has 0 spiro atoms. The molecule has 0 heterocycles. The van der Waals surface area contributed by atoms with E-state index in [0.29, 0.717) is 12.1 Å². The normalized spacial score (nSPS) is 10.2. The van der Waals surface area contributed by atoms with Crippen molar-refractivity contribution in [2.75, 3.05) is 0 Å². The second-order valence-corrected chi connectivity index (χ2v) is 4.21. The zero-order valence-electron chi connectivity index (χ0n) is 10.7. The molecule has 0 aliphatic carbocycles. The van der Waals surface area contributed by atoms with Crippen LogP contribution in [0.5, 0.6) is 0 Å². The van der Waals surface area contributed by atoms with Crippen molar-refractivity contribution in [3.05, 3.63) is 75.3 Å². The minimum absolute atomic E-state index is 0.101. The maximum absolute atomic E-state index is 13.8. The molecule has 1 amide bonds. The summed E-state index contributed by atoms with van der Waals surface area (Å²) >= 11 is 0. The maximum atomic E-state index is 13.8. The van der Waals surface area contributed by atoms with E-state index in [1.165, 1.54) is 0 Å². The van der Waals surface area contributed by atoms with Gasteiger partial charge in [-0.1, -0.05) is 30.3 Å². The molecule has 21 heavy (non-hydrogen) atoms. The average molecular weight is 292 g/mol. The summed E-state index contributed by atoms with van der Waals surface area (Å²) in [5.41, 5.74) is -1.00. The van der Waals surface area contributed by atoms with Gasteiger partial charge in [0.05, 0.1) is 16.6 Å². The van der Waals surface area contributed by atoms with Crippen molar-refractivity contribution in [3.8, 4) is 0 Å². The SMILES string of the molecule is O=C(NCc1ccccc1)c1cc(F)cc([N+](=O)[O-])c1F. The van der Waals surface area contributed by atoms with Crippen molar-refractivity contribution in [1.29, 1.82) is 0 Å². The molecule has 0 aromatic heterocycles. The number of nitrogens with zero attached hydrogens (tertiary/aromatic N) is 1. The predicted octanol–water partition coefficient (Wildman–Crippen LogP) is 2.80. The molecule has 2 rings (SSSR count). The lowest BCUT2D eigenvalue weighted by Crippen LogP contribution is -2.24. The van der Waals surface area contributed by atoms with E-state index in [1.54, 1.807) is 30.3 Å².